The van der Waals surface area contributed by atoms with Crippen LogP contribution in [-0.2, 0) is 0 Å². The van der Waals surface area contributed by atoms with E-state index in [2.05, 4.69) is 20.9 Å². The van der Waals surface area contributed by atoms with Crippen molar-refractivity contribution in [3.05, 3.63) is 43.9 Å². The summed E-state index contributed by atoms with van der Waals surface area (Å²) in [6, 6.07) is 4.58. The van der Waals surface area contributed by atoms with Gasteiger partial charge in [0.05, 0.1) is 21.0 Å². The molecule has 9 heteroatoms. The Morgan fingerprint density at radius 2 is 1.77 bits per heavy atom. The highest BCUT2D eigenvalue weighted by molar-refractivity contribution is 6.37. The fourth-order valence-electron chi connectivity index (χ4n) is 1.71. The van der Waals surface area contributed by atoms with E-state index in [9.17, 15) is 4.91 Å². The van der Waals surface area contributed by atoms with Crippen molar-refractivity contribution in [1.29, 1.82) is 0 Å². The summed E-state index contributed by atoms with van der Waals surface area (Å²) in [5.41, 5.74) is 3.35. The van der Waals surface area contributed by atoms with Crippen LogP contribution in [0.4, 0.5) is 5.69 Å². The molecule has 22 heavy (non-hydrogen) atoms. The SMILES string of the molecule is CC(C)c1cc(Oc2c(Cl)cc(NN=O)cc2Cl)nnc1Cl. The first-order valence-corrected chi connectivity index (χ1v) is 7.34. The first kappa shape index (κ1) is 16.7. The Balaban J connectivity index is 2.35. The predicted molar refractivity (Wildman–Crippen MR) is 87.1 cm³/mol. The van der Waals surface area contributed by atoms with Gasteiger partial charge in [-0.3, -0.25) is 0 Å². The second kappa shape index (κ2) is 7.09. The van der Waals surface area contributed by atoms with E-state index in [1.807, 2.05) is 13.8 Å². The molecule has 0 bridgehead atoms. The molecule has 0 amide bonds. The molecule has 1 heterocycles. The van der Waals surface area contributed by atoms with Gasteiger partial charge in [0.15, 0.2) is 10.9 Å². The van der Waals surface area contributed by atoms with E-state index in [0.29, 0.717) is 10.8 Å². The van der Waals surface area contributed by atoms with Crippen molar-refractivity contribution in [2.75, 3.05) is 5.43 Å². The molecule has 2 aromatic rings. The number of benzene rings is 1. The van der Waals surface area contributed by atoms with E-state index < -0.39 is 0 Å². The van der Waals surface area contributed by atoms with Crippen molar-refractivity contribution < 1.29 is 4.74 Å². The van der Waals surface area contributed by atoms with Crippen molar-refractivity contribution >= 4 is 40.5 Å². The summed E-state index contributed by atoms with van der Waals surface area (Å²) >= 11 is 18.2. The highest BCUT2D eigenvalue weighted by atomic mass is 35.5. The Morgan fingerprint density at radius 1 is 1.14 bits per heavy atom. The maximum Gasteiger partial charge on any atom is 0.239 e. The van der Waals surface area contributed by atoms with Crippen LogP contribution in [0.2, 0.25) is 15.2 Å². The van der Waals surface area contributed by atoms with Crippen LogP contribution in [-0.4, -0.2) is 10.2 Å². The lowest BCUT2D eigenvalue weighted by atomic mass is 10.1. The van der Waals surface area contributed by atoms with Gasteiger partial charge in [-0.05, 0) is 23.6 Å². The van der Waals surface area contributed by atoms with Gasteiger partial charge in [-0.15, -0.1) is 15.1 Å². The second-order valence-corrected chi connectivity index (χ2v) is 5.83. The minimum Gasteiger partial charge on any atom is -0.434 e. The van der Waals surface area contributed by atoms with Gasteiger partial charge >= 0.3 is 0 Å². The molecule has 0 unspecified atom stereocenters. The summed E-state index contributed by atoms with van der Waals surface area (Å²) in [6.07, 6.45) is 0. The molecule has 0 aliphatic heterocycles. The zero-order valence-corrected chi connectivity index (χ0v) is 13.9. The fourth-order valence-corrected chi connectivity index (χ4v) is 2.58. The third-order valence-electron chi connectivity index (χ3n) is 2.76. The van der Waals surface area contributed by atoms with Crippen molar-refractivity contribution in [2.24, 2.45) is 5.29 Å². The van der Waals surface area contributed by atoms with Crippen LogP contribution in [0.5, 0.6) is 11.6 Å². The second-order valence-electron chi connectivity index (χ2n) is 4.66. The maximum atomic E-state index is 10.2. The lowest BCUT2D eigenvalue weighted by molar-refractivity contribution is 0.454. The van der Waals surface area contributed by atoms with Gasteiger partial charge in [-0.25, -0.2) is 5.43 Å². The number of nitrogens with one attached hydrogen (secondary N) is 1. The normalized spacial score (nSPS) is 10.6. The monoisotopic (exact) mass is 360 g/mol. The van der Waals surface area contributed by atoms with E-state index in [0.717, 1.165) is 5.56 Å². The van der Waals surface area contributed by atoms with Gasteiger partial charge in [-0.1, -0.05) is 48.7 Å². The lowest BCUT2D eigenvalue weighted by Gasteiger charge is -2.12. The summed E-state index contributed by atoms with van der Waals surface area (Å²) < 4.78 is 5.59. The summed E-state index contributed by atoms with van der Waals surface area (Å²) in [5.74, 6) is 0.568. The molecule has 1 aromatic heterocycles. The Morgan fingerprint density at radius 3 is 2.32 bits per heavy atom. The minimum absolute atomic E-state index is 0.154. The summed E-state index contributed by atoms with van der Waals surface area (Å²) in [4.78, 5) is 10.2. The molecule has 0 spiro atoms. The van der Waals surface area contributed by atoms with Crippen LogP contribution >= 0.6 is 34.8 Å². The van der Waals surface area contributed by atoms with E-state index in [4.69, 9.17) is 39.5 Å². The van der Waals surface area contributed by atoms with Gasteiger partial charge in [-0.2, -0.15) is 0 Å². The van der Waals surface area contributed by atoms with Crippen molar-refractivity contribution in [3.63, 3.8) is 0 Å². The molecule has 0 aliphatic carbocycles. The number of aromatic nitrogens is 2. The summed E-state index contributed by atoms with van der Waals surface area (Å²) in [5, 5.41) is 10.9. The first-order chi connectivity index (χ1) is 10.4. The highest BCUT2D eigenvalue weighted by Crippen LogP contribution is 2.39. The summed E-state index contributed by atoms with van der Waals surface area (Å²) in [7, 11) is 0. The van der Waals surface area contributed by atoms with Gasteiger partial charge < -0.3 is 4.74 Å². The number of ether oxygens (including phenoxy) is 1. The van der Waals surface area contributed by atoms with Crippen molar-refractivity contribution in [3.8, 4) is 11.6 Å². The number of hydrogen-bond acceptors (Lipinski definition) is 5. The molecule has 0 saturated heterocycles. The molecule has 6 nitrogen and oxygen atoms in total. The van der Waals surface area contributed by atoms with Crippen molar-refractivity contribution in [1.82, 2.24) is 10.2 Å². The van der Waals surface area contributed by atoms with Gasteiger partial charge in [0.1, 0.15) is 0 Å². The zero-order chi connectivity index (χ0) is 16.3. The van der Waals surface area contributed by atoms with E-state index in [1.165, 1.54) is 12.1 Å². The van der Waals surface area contributed by atoms with Gasteiger partial charge in [0.25, 0.3) is 0 Å². The Kier molecular flexibility index (Phi) is 5.39. The molecule has 0 aliphatic rings. The van der Waals surface area contributed by atoms with Crippen LogP contribution in [0, 0.1) is 4.91 Å². The molecule has 1 N–H and O–H groups in total. The van der Waals surface area contributed by atoms with Crippen LogP contribution < -0.4 is 10.2 Å². The maximum absolute atomic E-state index is 10.2. The lowest BCUT2D eigenvalue weighted by Crippen LogP contribution is -1.98. The van der Waals surface area contributed by atoms with Gasteiger partial charge in [0, 0.05) is 6.07 Å². The van der Waals surface area contributed by atoms with Crippen LogP contribution in [0.1, 0.15) is 25.3 Å². The van der Waals surface area contributed by atoms with Crippen LogP contribution in [0.15, 0.2) is 23.5 Å². The molecule has 0 radical (unpaired) electrons. The Labute approximate surface area is 141 Å². The topological polar surface area (TPSA) is 76.5 Å². The summed E-state index contributed by atoms with van der Waals surface area (Å²) in [6.45, 7) is 3.94. The van der Waals surface area contributed by atoms with E-state index in [-0.39, 0.29) is 27.6 Å². The number of nitroso groups, excluding NO2 is 1. The Bertz CT molecular complexity index is 687. The average molecular weight is 362 g/mol. The largest absolute Gasteiger partial charge is 0.434 e. The number of halogens is 3. The molecule has 116 valence electrons. The van der Waals surface area contributed by atoms with Crippen LogP contribution in [0.3, 0.4) is 0 Å². The number of rotatable bonds is 5. The fraction of sp³-hybridized carbons (Fsp3) is 0.231. The molecular formula is C13H11Cl3N4O2. The highest BCUT2D eigenvalue weighted by Gasteiger charge is 2.15. The number of hydrogen-bond donors (Lipinski definition) is 1. The molecule has 0 saturated carbocycles. The molecule has 0 atom stereocenters. The van der Waals surface area contributed by atoms with Crippen molar-refractivity contribution in [2.45, 2.75) is 19.8 Å². The third kappa shape index (κ3) is 3.76. The first-order valence-electron chi connectivity index (χ1n) is 6.20. The molecule has 0 fully saturated rings. The average Bonchev–Trinajstić information content (AvgIpc) is 2.44. The molecule has 1 aromatic carbocycles. The smallest absolute Gasteiger partial charge is 0.239 e. The molecular weight excluding hydrogens is 351 g/mol. The van der Waals surface area contributed by atoms with E-state index in [1.54, 1.807) is 6.07 Å². The zero-order valence-electron chi connectivity index (χ0n) is 11.6. The van der Waals surface area contributed by atoms with Crippen LogP contribution in [0.25, 0.3) is 0 Å². The quantitative estimate of drug-likeness (QED) is 0.566. The predicted octanol–water partition coefficient (Wildman–Crippen LogP) is 5.45. The minimum atomic E-state index is 0.154. The molecule has 2 rings (SSSR count). The Hall–Kier alpha value is -1.63. The van der Waals surface area contributed by atoms with Gasteiger partial charge in [0.2, 0.25) is 5.88 Å². The number of nitrogens with zero attached hydrogens (tertiary/aromatic N) is 3. The number of anilines is 1. The standard InChI is InChI=1S/C13H11Cl3N4O2/c1-6(2)8-5-11(18-19-13(8)16)22-12-9(14)3-7(17-20-21)4-10(12)15/h3-6H,1-2H3,(H,17,21). The third-order valence-corrected chi connectivity index (χ3v) is 3.61. The van der Waals surface area contributed by atoms with E-state index >= 15 is 0 Å².